The number of carbonyl (C=O) groups excluding carboxylic acids is 2. The Morgan fingerprint density at radius 1 is 1.14 bits per heavy atom. The van der Waals surface area contributed by atoms with Crippen LogP contribution in [0, 0.1) is 19.8 Å². The van der Waals surface area contributed by atoms with Crippen molar-refractivity contribution in [2.24, 2.45) is 5.92 Å². The molecule has 3 rings (SSSR count). The Kier molecular flexibility index (Phi) is 9.97. The molecular formula is C28H35ClN4O4. The zero-order valence-electron chi connectivity index (χ0n) is 22.1. The summed E-state index contributed by atoms with van der Waals surface area (Å²) in [4.78, 5) is 28.3. The van der Waals surface area contributed by atoms with Crippen molar-refractivity contribution in [3.05, 3.63) is 69.8 Å². The third kappa shape index (κ3) is 7.04. The Morgan fingerprint density at radius 2 is 1.89 bits per heavy atom. The van der Waals surface area contributed by atoms with Gasteiger partial charge in [-0.25, -0.2) is 4.98 Å². The number of imidazole rings is 1. The first-order chi connectivity index (χ1) is 17.8. The predicted octanol–water partition coefficient (Wildman–Crippen LogP) is 5.06. The molecule has 3 aromatic rings. The van der Waals surface area contributed by atoms with Gasteiger partial charge < -0.3 is 24.7 Å². The average molecular weight is 527 g/mol. The van der Waals surface area contributed by atoms with Gasteiger partial charge in [-0.15, -0.1) is 0 Å². The van der Waals surface area contributed by atoms with Gasteiger partial charge in [0.25, 0.3) is 0 Å². The molecule has 1 heterocycles. The van der Waals surface area contributed by atoms with Gasteiger partial charge in [0, 0.05) is 17.8 Å². The minimum atomic E-state index is -0.0295. The van der Waals surface area contributed by atoms with Crippen LogP contribution in [-0.2, 0) is 29.1 Å². The molecule has 2 amide bonds. The molecule has 0 aliphatic rings. The van der Waals surface area contributed by atoms with Crippen LogP contribution in [0.3, 0.4) is 0 Å². The minimum absolute atomic E-state index is 0.0295. The molecule has 8 nitrogen and oxygen atoms in total. The molecule has 0 radical (unpaired) electrons. The van der Waals surface area contributed by atoms with E-state index in [0.717, 1.165) is 40.4 Å². The Hall–Kier alpha value is -3.52. The van der Waals surface area contributed by atoms with Crippen LogP contribution in [0.5, 0.6) is 11.5 Å². The van der Waals surface area contributed by atoms with Crippen molar-refractivity contribution in [1.29, 1.82) is 0 Å². The van der Waals surface area contributed by atoms with E-state index in [1.54, 1.807) is 14.2 Å². The number of hydrogen-bond donors (Lipinski definition) is 2. The molecule has 2 aromatic carbocycles. The van der Waals surface area contributed by atoms with Crippen LogP contribution in [-0.4, -0.2) is 36.1 Å². The van der Waals surface area contributed by atoms with Gasteiger partial charge in [-0.05, 0) is 55.9 Å². The van der Waals surface area contributed by atoms with Gasteiger partial charge in [0.05, 0.1) is 38.0 Å². The number of hydrogen-bond acceptors (Lipinski definition) is 5. The Morgan fingerprint density at radius 3 is 2.59 bits per heavy atom. The van der Waals surface area contributed by atoms with E-state index >= 15 is 0 Å². The molecule has 1 atom stereocenters. The highest BCUT2D eigenvalue weighted by Gasteiger charge is 2.17. The van der Waals surface area contributed by atoms with Crippen molar-refractivity contribution in [3.8, 4) is 11.5 Å². The maximum Gasteiger partial charge on any atom is 0.220 e. The van der Waals surface area contributed by atoms with Gasteiger partial charge in [0.15, 0.2) is 11.5 Å². The fourth-order valence-electron chi connectivity index (χ4n) is 4.31. The Labute approximate surface area is 223 Å². The van der Waals surface area contributed by atoms with Crippen LogP contribution in [0.15, 0.2) is 36.4 Å². The van der Waals surface area contributed by atoms with Crippen molar-refractivity contribution in [2.45, 2.75) is 53.1 Å². The summed E-state index contributed by atoms with van der Waals surface area (Å²) >= 11 is 6.52. The molecule has 37 heavy (non-hydrogen) atoms. The molecule has 2 N–H and O–H groups in total. The largest absolute Gasteiger partial charge is 0.493 e. The molecular weight excluding hydrogens is 492 g/mol. The van der Waals surface area contributed by atoms with Crippen LogP contribution in [0.2, 0.25) is 5.02 Å². The van der Waals surface area contributed by atoms with E-state index in [1.165, 1.54) is 0 Å². The predicted molar refractivity (Wildman–Crippen MR) is 145 cm³/mol. The second kappa shape index (κ2) is 13.1. The number of aryl methyl sites for hydroxylation is 1. The number of halogens is 1. The highest BCUT2D eigenvalue weighted by molar-refractivity contribution is 6.33. The lowest BCUT2D eigenvalue weighted by Gasteiger charge is -2.16. The third-order valence-corrected chi connectivity index (χ3v) is 6.95. The van der Waals surface area contributed by atoms with Gasteiger partial charge in [-0.1, -0.05) is 42.8 Å². The van der Waals surface area contributed by atoms with E-state index in [1.807, 2.05) is 50.2 Å². The lowest BCUT2D eigenvalue weighted by molar-refractivity contribution is -0.121. The smallest absolute Gasteiger partial charge is 0.220 e. The van der Waals surface area contributed by atoms with Gasteiger partial charge in [0.1, 0.15) is 5.82 Å². The molecule has 198 valence electrons. The van der Waals surface area contributed by atoms with E-state index in [4.69, 9.17) is 21.1 Å². The van der Waals surface area contributed by atoms with Crippen LogP contribution in [0.4, 0.5) is 5.69 Å². The van der Waals surface area contributed by atoms with Crippen molar-refractivity contribution >= 4 is 29.6 Å². The highest BCUT2D eigenvalue weighted by Crippen LogP contribution is 2.38. The number of anilines is 1. The van der Waals surface area contributed by atoms with Gasteiger partial charge in [-0.2, -0.15) is 0 Å². The highest BCUT2D eigenvalue weighted by atomic mass is 35.5. The summed E-state index contributed by atoms with van der Waals surface area (Å²) in [5.41, 5.74) is 4.60. The summed E-state index contributed by atoms with van der Waals surface area (Å²) in [7, 11) is 3.14. The fourth-order valence-corrected chi connectivity index (χ4v) is 4.62. The van der Waals surface area contributed by atoms with Crippen molar-refractivity contribution in [2.75, 3.05) is 19.5 Å². The SMILES string of the molecule is COc1ccc(CC(C)CCC(=O)NCc2nc(C)c(C)n2Cc2ccccc2NC=O)c(Cl)c1OC. The molecule has 9 heteroatoms. The maximum atomic E-state index is 12.7. The number of rotatable bonds is 13. The first-order valence-electron chi connectivity index (χ1n) is 12.3. The number of amides is 2. The zero-order chi connectivity index (χ0) is 26.9. The van der Waals surface area contributed by atoms with Gasteiger partial charge in [-0.3, -0.25) is 9.59 Å². The Balaban J connectivity index is 1.58. The van der Waals surface area contributed by atoms with Crippen LogP contribution in [0.25, 0.3) is 0 Å². The molecule has 1 unspecified atom stereocenters. The number of nitrogens with one attached hydrogen (secondary N) is 2. The van der Waals surface area contributed by atoms with E-state index in [-0.39, 0.29) is 11.8 Å². The minimum Gasteiger partial charge on any atom is -0.493 e. The molecule has 0 aliphatic heterocycles. The van der Waals surface area contributed by atoms with Crippen molar-refractivity contribution in [1.82, 2.24) is 14.9 Å². The summed E-state index contributed by atoms with van der Waals surface area (Å²) in [6.07, 6.45) is 2.51. The van der Waals surface area contributed by atoms with Crippen molar-refractivity contribution < 1.29 is 19.1 Å². The topological polar surface area (TPSA) is 94.5 Å². The molecule has 0 saturated carbocycles. The summed E-state index contributed by atoms with van der Waals surface area (Å²) < 4.78 is 12.8. The summed E-state index contributed by atoms with van der Waals surface area (Å²) in [5, 5.41) is 6.30. The van der Waals surface area contributed by atoms with E-state index in [2.05, 4.69) is 27.1 Å². The molecule has 0 bridgehead atoms. The number of benzene rings is 2. The van der Waals surface area contributed by atoms with Gasteiger partial charge in [0.2, 0.25) is 12.3 Å². The molecule has 0 spiro atoms. The monoisotopic (exact) mass is 526 g/mol. The summed E-state index contributed by atoms with van der Waals surface area (Å²) in [6, 6.07) is 11.4. The second-order valence-electron chi connectivity index (χ2n) is 9.10. The molecule has 0 aliphatic carbocycles. The van der Waals surface area contributed by atoms with E-state index in [9.17, 15) is 9.59 Å². The summed E-state index contributed by atoms with van der Waals surface area (Å²) in [6.45, 7) is 6.92. The lowest BCUT2D eigenvalue weighted by Crippen LogP contribution is -2.25. The average Bonchev–Trinajstić information content (AvgIpc) is 3.16. The van der Waals surface area contributed by atoms with Crippen LogP contribution < -0.4 is 20.1 Å². The number of ether oxygens (including phenoxy) is 2. The quantitative estimate of drug-likeness (QED) is 0.303. The second-order valence-corrected chi connectivity index (χ2v) is 9.48. The first kappa shape index (κ1) is 28.1. The number of methoxy groups -OCH3 is 2. The fraction of sp³-hybridized carbons (Fsp3) is 0.393. The van der Waals surface area contributed by atoms with Crippen molar-refractivity contribution in [3.63, 3.8) is 0 Å². The van der Waals surface area contributed by atoms with Gasteiger partial charge >= 0.3 is 0 Å². The van der Waals surface area contributed by atoms with E-state index < -0.39 is 0 Å². The molecule has 1 aromatic heterocycles. The number of nitrogens with zero attached hydrogens (tertiary/aromatic N) is 2. The number of para-hydroxylation sites is 1. The lowest BCUT2D eigenvalue weighted by atomic mass is 9.96. The third-order valence-electron chi connectivity index (χ3n) is 6.54. The molecule has 0 saturated heterocycles. The first-order valence-corrected chi connectivity index (χ1v) is 12.6. The zero-order valence-corrected chi connectivity index (χ0v) is 22.8. The van der Waals surface area contributed by atoms with E-state index in [0.29, 0.717) is 48.9 Å². The summed E-state index contributed by atoms with van der Waals surface area (Å²) in [5.74, 6) is 2.11. The van der Waals surface area contributed by atoms with Crippen LogP contribution >= 0.6 is 11.6 Å². The maximum absolute atomic E-state index is 12.7. The number of aromatic nitrogens is 2. The standard InChI is InChI=1S/C28H35ClN4O4/c1-18(14-21-11-12-24(36-4)28(37-5)27(21)29)10-13-26(35)30-15-25-32-19(2)20(3)33(25)16-22-8-6-7-9-23(22)31-17-34/h6-9,11-12,17-18H,10,13-16H2,1-5H3,(H,30,35)(H,31,34). The normalized spacial score (nSPS) is 11.6. The molecule has 0 fully saturated rings. The Bertz CT molecular complexity index is 1240. The number of carbonyl (C=O) groups is 2. The van der Waals surface area contributed by atoms with Crippen LogP contribution in [0.1, 0.15) is 48.1 Å².